The molecule has 0 atom stereocenters. The summed E-state index contributed by atoms with van der Waals surface area (Å²) in [7, 11) is 0. The van der Waals surface area contributed by atoms with E-state index in [0.717, 1.165) is 44.6 Å². The summed E-state index contributed by atoms with van der Waals surface area (Å²) in [5.74, 6) is 2.14. The van der Waals surface area contributed by atoms with Crippen molar-refractivity contribution in [3.63, 3.8) is 0 Å². The zero-order valence-electron chi connectivity index (χ0n) is 10.9. The average Bonchev–Trinajstić information content (AvgIpc) is 3.08. The van der Waals surface area contributed by atoms with E-state index in [9.17, 15) is 0 Å². The van der Waals surface area contributed by atoms with Crippen LogP contribution in [0.25, 0.3) is 0 Å². The fourth-order valence-corrected chi connectivity index (χ4v) is 2.34. The van der Waals surface area contributed by atoms with Crippen LogP contribution in [0.15, 0.2) is 16.7 Å². The molecule has 18 heavy (non-hydrogen) atoms. The number of anilines is 1. The Kier molecular flexibility index (Phi) is 3.07. The summed E-state index contributed by atoms with van der Waals surface area (Å²) in [6, 6.07) is 0. The van der Waals surface area contributed by atoms with Crippen molar-refractivity contribution in [2.24, 2.45) is 0 Å². The molecule has 5 heteroatoms. The molecule has 0 spiro atoms. The summed E-state index contributed by atoms with van der Waals surface area (Å²) in [6.07, 6.45) is 2.40. The maximum atomic E-state index is 5.30. The number of rotatable bonds is 4. The third kappa shape index (κ3) is 2.56. The molecule has 0 aromatic carbocycles. The first-order valence-electron chi connectivity index (χ1n) is 6.67. The lowest BCUT2D eigenvalue weighted by Crippen LogP contribution is -2.47. The van der Waals surface area contributed by atoms with Crippen LogP contribution in [-0.4, -0.2) is 47.8 Å². The summed E-state index contributed by atoms with van der Waals surface area (Å²) in [5.41, 5.74) is 1.22. The minimum absolute atomic E-state index is 0.538. The monoisotopic (exact) mass is 248 g/mol. The first-order valence-corrected chi connectivity index (χ1v) is 6.67. The Morgan fingerprint density at radius 3 is 2.67 bits per heavy atom. The second kappa shape index (κ2) is 4.72. The zero-order valence-corrected chi connectivity index (χ0v) is 10.9. The Hall–Kier alpha value is -1.36. The number of nitrogens with zero attached hydrogens (tertiary/aromatic N) is 4. The SMILES string of the molecule is C=C(C)CN1CCN(c2noc(C3CC3)n2)CC1. The van der Waals surface area contributed by atoms with E-state index in [0.29, 0.717) is 5.92 Å². The first kappa shape index (κ1) is 11.7. The summed E-state index contributed by atoms with van der Waals surface area (Å²) in [5, 5.41) is 4.09. The van der Waals surface area contributed by atoms with Crippen LogP contribution in [0.2, 0.25) is 0 Å². The molecule has 2 fully saturated rings. The molecule has 1 aromatic rings. The molecular weight excluding hydrogens is 228 g/mol. The van der Waals surface area contributed by atoms with Crippen LogP contribution in [0.1, 0.15) is 31.6 Å². The molecule has 2 aliphatic rings. The lowest BCUT2D eigenvalue weighted by molar-refractivity contribution is 0.276. The maximum Gasteiger partial charge on any atom is 0.266 e. The van der Waals surface area contributed by atoms with E-state index in [4.69, 9.17) is 4.52 Å². The van der Waals surface area contributed by atoms with Crippen LogP contribution >= 0.6 is 0 Å². The lowest BCUT2D eigenvalue weighted by atomic mass is 10.2. The fourth-order valence-electron chi connectivity index (χ4n) is 2.34. The molecule has 0 unspecified atom stereocenters. The van der Waals surface area contributed by atoms with Crippen molar-refractivity contribution in [1.29, 1.82) is 0 Å². The van der Waals surface area contributed by atoms with E-state index in [1.165, 1.54) is 18.4 Å². The predicted molar refractivity (Wildman–Crippen MR) is 69.7 cm³/mol. The summed E-state index contributed by atoms with van der Waals surface area (Å²) in [6.45, 7) is 11.1. The maximum absolute atomic E-state index is 5.30. The second-order valence-corrected chi connectivity index (χ2v) is 5.43. The van der Waals surface area contributed by atoms with Gasteiger partial charge in [-0.1, -0.05) is 12.2 Å². The van der Waals surface area contributed by atoms with Gasteiger partial charge in [-0.25, -0.2) is 0 Å². The van der Waals surface area contributed by atoms with Crippen LogP contribution in [0.3, 0.4) is 0 Å². The van der Waals surface area contributed by atoms with Crippen molar-refractivity contribution in [2.75, 3.05) is 37.6 Å². The van der Waals surface area contributed by atoms with E-state index in [1.54, 1.807) is 0 Å². The van der Waals surface area contributed by atoms with Crippen LogP contribution < -0.4 is 4.90 Å². The van der Waals surface area contributed by atoms with Crippen LogP contribution in [-0.2, 0) is 0 Å². The largest absolute Gasteiger partial charge is 0.337 e. The normalized spacial score (nSPS) is 21.3. The van der Waals surface area contributed by atoms with Gasteiger partial charge in [0.05, 0.1) is 0 Å². The van der Waals surface area contributed by atoms with Gasteiger partial charge in [-0.15, -0.1) is 0 Å². The van der Waals surface area contributed by atoms with Gasteiger partial charge in [0.15, 0.2) is 0 Å². The van der Waals surface area contributed by atoms with Gasteiger partial charge in [0.25, 0.3) is 5.95 Å². The van der Waals surface area contributed by atoms with E-state index in [1.807, 2.05) is 0 Å². The lowest BCUT2D eigenvalue weighted by Gasteiger charge is -2.33. The molecule has 0 N–H and O–H groups in total. The van der Waals surface area contributed by atoms with Gasteiger partial charge in [-0.05, 0) is 24.9 Å². The van der Waals surface area contributed by atoms with Crippen LogP contribution in [0.4, 0.5) is 5.95 Å². The standard InChI is InChI=1S/C13H20N4O/c1-10(2)9-16-5-7-17(8-6-16)13-14-12(18-15-13)11-3-4-11/h11H,1,3-9H2,2H3. The van der Waals surface area contributed by atoms with Gasteiger partial charge in [-0.3, -0.25) is 4.90 Å². The molecule has 1 aromatic heterocycles. The summed E-state index contributed by atoms with van der Waals surface area (Å²) < 4.78 is 5.30. The smallest absolute Gasteiger partial charge is 0.266 e. The Morgan fingerprint density at radius 1 is 1.33 bits per heavy atom. The van der Waals surface area contributed by atoms with Gasteiger partial charge < -0.3 is 9.42 Å². The van der Waals surface area contributed by atoms with E-state index in [-0.39, 0.29) is 0 Å². The van der Waals surface area contributed by atoms with Crippen LogP contribution in [0, 0.1) is 0 Å². The number of hydrogen-bond acceptors (Lipinski definition) is 5. The highest BCUT2D eigenvalue weighted by atomic mass is 16.5. The molecule has 1 aliphatic carbocycles. The predicted octanol–water partition coefficient (Wildman–Crippen LogP) is 1.65. The van der Waals surface area contributed by atoms with Gasteiger partial charge in [-0.2, -0.15) is 4.98 Å². The Morgan fingerprint density at radius 2 is 2.06 bits per heavy atom. The second-order valence-electron chi connectivity index (χ2n) is 5.43. The molecular formula is C13H20N4O. The Bertz CT molecular complexity index is 430. The van der Waals surface area contributed by atoms with Crippen molar-refractivity contribution in [3.05, 3.63) is 18.0 Å². The van der Waals surface area contributed by atoms with Gasteiger partial charge in [0.1, 0.15) is 0 Å². The average molecular weight is 248 g/mol. The minimum Gasteiger partial charge on any atom is -0.337 e. The highest BCUT2D eigenvalue weighted by molar-refractivity contribution is 5.29. The van der Waals surface area contributed by atoms with Crippen molar-refractivity contribution < 1.29 is 4.52 Å². The number of hydrogen-bond donors (Lipinski definition) is 0. The van der Waals surface area contributed by atoms with Crippen molar-refractivity contribution in [1.82, 2.24) is 15.0 Å². The molecule has 1 saturated carbocycles. The van der Waals surface area contributed by atoms with Gasteiger partial charge >= 0.3 is 0 Å². The molecule has 5 nitrogen and oxygen atoms in total. The molecule has 0 amide bonds. The van der Waals surface area contributed by atoms with Gasteiger partial charge in [0.2, 0.25) is 5.89 Å². The van der Waals surface area contributed by atoms with Gasteiger partial charge in [0, 0.05) is 38.6 Å². The molecule has 2 heterocycles. The highest BCUT2D eigenvalue weighted by Crippen LogP contribution is 2.39. The fraction of sp³-hybridized carbons (Fsp3) is 0.692. The number of aromatic nitrogens is 2. The molecule has 3 rings (SSSR count). The van der Waals surface area contributed by atoms with Crippen LogP contribution in [0.5, 0.6) is 0 Å². The third-order valence-electron chi connectivity index (χ3n) is 3.51. The molecule has 1 saturated heterocycles. The van der Waals surface area contributed by atoms with Crippen molar-refractivity contribution in [3.8, 4) is 0 Å². The quantitative estimate of drug-likeness (QED) is 0.758. The Labute approximate surface area is 107 Å². The zero-order chi connectivity index (χ0) is 12.5. The molecule has 98 valence electrons. The highest BCUT2D eigenvalue weighted by Gasteiger charge is 2.31. The number of piperazine rings is 1. The first-order chi connectivity index (χ1) is 8.72. The molecule has 1 aliphatic heterocycles. The third-order valence-corrected chi connectivity index (χ3v) is 3.51. The van der Waals surface area contributed by atoms with E-state index < -0.39 is 0 Å². The van der Waals surface area contributed by atoms with E-state index in [2.05, 4.69) is 33.4 Å². The van der Waals surface area contributed by atoms with Crippen molar-refractivity contribution in [2.45, 2.75) is 25.7 Å². The van der Waals surface area contributed by atoms with Crippen molar-refractivity contribution >= 4 is 5.95 Å². The Balaban J connectivity index is 1.56. The molecule has 0 radical (unpaired) electrons. The van der Waals surface area contributed by atoms with E-state index >= 15 is 0 Å². The topological polar surface area (TPSA) is 45.4 Å². The summed E-state index contributed by atoms with van der Waals surface area (Å²) >= 11 is 0. The summed E-state index contributed by atoms with van der Waals surface area (Å²) in [4.78, 5) is 9.12. The minimum atomic E-state index is 0.538. The molecule has 0 bridgehead atoms.